The molecule has 0 saturated heterocycles. The number of rotatable bonds is 2. The fraction of sp³-hybridized carbons (Fsp3) is 0.0476. The van der Waals surface area contributed by atoms with E-state index in [1.165, 1.54) is 27.2 Å². The van der Waals surface area contributed by atoms with Crippen LogP contribution in [0.1, 0.15) is 0 Å². The molecule has 0 amide bonds. The first-order valence-electron chi connectivity index (χ1n) is 7.36. The highest BCUT2D eigenvalue weighted by atomic mass is 15.1. The summed E-state index contributed by atoms with van der Waals surface area (Å²) in [6.45, 7) is 0. The standard InChI is InChI=1S/C21H15N/c1-22(17-10-3-2-4-11-17)21-15-16-9-5-6-12-18(16)19-13-7-8-14-20(19)21/h3,5-15H,1H3. The molecule has 0 aliphatic heterocycles. The largest absolute Gasteiger partial charge is 0.344 e. The van der Waals surface area contributed by atoms with Crippen LogP contribution in [0.5, 0.6) is 0 Å². The van der Waals surface area contributed by atoms with E-state index in [2.05, 4.69) is 84.7 Å². The summed E-state index contributed by atoms with van der Waals surface area (Å²) < 4.78 is 0. The van der Waals surface area contributed by atoms with Crippen molar-refractivity contribution >= 4 is 32.9 Å². The zero-order valence-electron chi connectivity index (χ0n) is 12.4. The smallest absolute Gasteiger partial charge is 0.0499 e. The summed E-state index contributed by atoms with van der Waals surface area (Å²) in [6.07, 6.45) is 0. The Bertz CT molecular complexity index is 941. The summed E-state index contributed by atoms with van der Waals surface area (Å²) in [5, 5.41) is 5.10. The van der Waals surface area contributed by atoms with Gasteiger partial charge in [0.25, 0.3) is 0 Å². The van der Waals surface area contributed by atoms with Gasteiger partial charge in [-0.1, -0.05) is 60.7 Å². The van der Waals surface area contributed by atoms with Gasteiger partial charge in [-0.05, 0) is 34.4 Å². The van der Waals surface area contributed by atoms with Crippen LogP contribution in [-0.2, 0) is 0 Å². The molecule has 1 nitrogen and oxygen atoms in total. The van der Waals surface area contributed by atoms with Gasteiger partial charge in [-0.15, -0.1) is 0 Å². The Labute approximate surface area is 130 Å². The number of benzene rings is 3. The van der Waals surface area contributed by atoms with Gasteiger partial charge >= 0.3 is 0 Å². The van der Waals surface area contributed by atoms with E-state index in [1.54, 1.807) is 0 Å². The van der Waals surface area contributed by atoms with Crippen LogP contribution in [-0.4, -0.2) is 7.05 Å². The Morgan fingerprint density at radius 3 is 2.27 bits per heavy atom. The molecule has 0 N–H and O–H groups in total. The van der Waals surface area contributed by atoms with E-state index in [-0.39, 0.29) is 0 Å². The third-order valence-corrected chi connectivity index (χ3v) is 4.14. The molecule has 0 aliphatic carbocycles. The van der Waals surface area contributed by atoms with E-state index in [9.17, 15) is 0 Å². The molecule has 4 rings (SSSR count). The first-order valence-corrected chi connectivity index (χ1v) is 7.36. The second-order valence-corrected chi connectivity index (χ2v) is 5.41. The lowest BCUT2D eigenvalue weighted by atomic mass is 9.99. The molecule has 0 radical (unpaired) electrons. The van der Waals surface area contributed by atoms with Crippen LogP contribution in [0.25, 0.3) is 21.5 Å². The van der Waals surface area contributed by atoms with E-state index in [0.717, 1.165) is 5.69 Å². The fourth-order valence-corrected chi connectivity index (χ4v) is 3.00. The number of hydrogen-bond acceptors (Lipinski definition) is 1. The second kappa shape index (κ2) is 5.09. The van der Waals surface area contributed by atoms with Crippen LogP contribution < -0.4 is 4.90 Å². The van der Waals surface area contributed by atoms with Crippen LogP contribution in [0.15, 0.2) is 72.8 Å². The van der Waals surface area contributed by atoms with Crippen molar-refractivity contribution in [1.29, 1.82) is 0 Å². The van der Waals surface area contributed by atoms with Gasteiger partial charge in [0.05, 0.1) is 0 Å². The van der Waals surface area contributed by atoms with Gasteiger partial charge in [0.15, 0.2) is 0 Å². The molecule has 104 valence electrons. The molecule has 4 aromatic carbocycles. The van der Waals surface area contributed by atoms with E-state index in [4.69, 9.17) is 0 Å². The minimum atomic E-state index is 1.11. The number of fused-ring (bicyclic) bond motifs is 3. The molecular weight excluding hydrogens is 266 g/mol. The molecule has 0 bridgehead atoms. The molecule has 0 fully saturated rings. The first-order chi connectivity index (χ1) is 10.8. The van der Waals surface area contributed by atoms with Crippen LogP contribution in [0, 0.1) is 12.1 Å². The lowest BCUT2D eigenvalue weighted by molar-refractivity contribution is 1.23. The Balaban J connectivity index is 2.04. The minimum Gasteiger partial charge on any atom is -0.344 e. The predicted molar refractivity (Wildman–Crippen MR) is 93.6 cm³/mol. The lowest BCUT2D eigenvalue weighted by Gasteiger charge is -2.22. The highest BCUT2D eigenvalue weighted by Crippen LogP contribution is 2.36. The van der Waals surface area contributed by atoms with Gasteiger partial charge < -0.3 is 4.90 Å². The molecular formula is C21H15N. The van der Waals surface area contributed by atoms with Crippen LogP contribution in [0.3, 0.4) is 0 Å². The van der Waals surface area contributed by atoms with Crippen LogP contribution in [0.2, 0.25) is 0 Å². The van der Waals surface area contributed by atoms with Crippen LogP contribution >= 0.6 is 0 Å². The quantitative estimate of drug-likeness (QED) is 0.447. The molecule has 0 aromatic heterocycles. The molecule has 0 spiro atoms. The number of nitrogens with zero attached hydrogens (tertiary/aromatic N) is 1. The average molecular weight is 281 g/mol. The SMILES string of the molecule is CN(c1cc#ccc1)c1cc2ccccc2c2ccccc12. The molecule has 0 heterocycles. The summed E-state index contributed by atoms with van der Waals surface area (Å²) in [7, 11) is 2.10. The van der Waals surface area contributed by atoms with E-state index >= 15 is 0 Å². The molecule has 22 heavy (non-hydrogen) atoms. The van der Waals surface area contributed by atoms with E-state index in [0.29, 0.717) is 0 Å². The van der Waals surface area contributed by atoms with Gasteiger partial charge in [0.2, 0.25) is 0 Å². The Hall–Kier alpha value is -2.98. The van der Waals surface area contributed by atoms with Crippen molar-refractivity contribution in [2.75, 3.05) is 11.9 Å². The van der Waals surface area contributed by atoms with E-state index < -0.39 is 0 Å². The number of anilines is 2. The van der Waals surface area contributed by atoms with Crippen molar-refractivity contribution < 1.29 is 0 Å². The Kier molecular flexibility index (Phi) is 2.95. The maximum atomic E-state index is 3.03. The molecule has 0 aliphatic rings. The maximum absolute atomic E-state index is 3.03. The summed E-state index contributed by atoms with van der Waals surface area (Å²) >= 11 is 0. The second-order valence-electron chi connectivity index (χ2n) is 5.41. The zero-order chi connectivity index (χ0) is 14.9. The summed E-state index contributed by atoms with van der Waals surface area (Å²) in [6, 6.07) is 31.3. The molecule has 4 aromatic rings. The molecule has 0 unspecified atom stereocenters. The summed E-state index contributed by atoms with van der Waals surface area (Å²) in [4.78, 5) is 2.21. The minimum absolute atomic E-state index is 1.11. The highest BCUT2D eigenvalue weighted by Gasteiger charge is 2.10. The van der Waals surface area contributed by atoms with Gasteiger partial charge in [-0.3, -0.25) is 0 Å². The van der Waals surface area contributed by atoms with Crippen molar-refractivity contribution in [3.05, 3.63) is 84.9 Å². The summed E-state index contributed by atoms with van der Waals surface area (Å²) in [5.41, 5.74) is 2.31. The van der Waals surface area contributed by atoms with Crippen molar-refractivity contribution in [3.63, 3.8) is 0 Å². The van der Waals surface area contributed by atoms with Crippen molar-refractivity contribution in [3.8, 4) is 0 Å². The third-order valence-electron chi connectivity index (χ3n) is 4.14. The number of hydrogen-bond donors (Lipinski definition) is 0. The zero-order valence-corrected chi connectivity index (χ0v) is 12.4. The van der Waals surface area contributed by atoms with Crippen LogP contribution in [0.4, 0.5) is 11.4 Å². The lowest BCUT2D eigenvalue weighted by Crippen LogP contribution is -2.09. The monoisotopic (exact) mass is 281 g/mol. The highest BCUT2D eigenvalue weighted by molar-refractivity contribution is 6.13. The van der Waals surface area contributed by atoms with Crippen molar-refractivity contribution in [2.24, 2.45) is 0 Å². The topological polar surface area (TPSA) is 3.24 Å². The van der Waals surface area contributed by atoms with Gasteiger partial charge in [0, 0.05) is 29.9 Å². The molecule has 1 heteroatoms. The molecule has 0 atom stereocenters. The maximum Gasteiger partial charge on any atom is 0.0499 e. The average Bonchev–Trinajstić information content (AvgIpc) is 2.61. The normalized spacial score (nSPS) is 10.6. The Morgan fingerprint density at radius 1 is 0.773 bits per heavy atom. The third kappa shape index (κ3) is 1.98. The Morgan fingerprint density at radius 2 is 1.50 bits per heavy atom. The van der Waals surface area contributed by atoms with Gasteiger partial charge in [-0.25, -0.2) is 0 Å². The fourth-order valence-electron chi connectivity index (χ4n) is 3.00. The predicted octanol–water partition coefficient (Wildman–Crippen LogP) is 5.36. The van der Waals surface area contributed by atoms with Gasteiger partial charge in [0.1, 0.15) is 0 Å². The molecule has 0 saturated carbocycles. The summed E-state index contributed by atoms with van der Waals surface area (Å²) in [5.74, 6) is 0. The van der Waals surface area contributed by atoms with Crippen molar-refractivity contribution in [2.45, 2.75) is 0 Å². The first kappa shape index (κ1) is 12.7. The van der Waals surface area contributed by atoms with Gasteiger partial charge in [-0.2, -0.15) is 0 Å². The van der Waals surface area contributed by atoms with Crippen molar-refractivity contribution in [1.82, 2.24) is 0 Å². The van der Waals surface area contributed by atoms with E-state index in [1.807, 2.05) is 12.1 Å².